The molecule has 4 rings (SSSR count). The maximum absolute atomic E-state index is 6.32. The zero-order valence-electron chi connectivity index (χ0n) is 14.1. The second-order valence-electron chi connectivity index (χ2n) is 6.39. The molecular weight excluding hydrogens is 300 g/mol. The van der Waals surface area contributed by atoms with E-state index in [0.717, 1.165) is 43.2 Å². The molecule has 0 bridgehead atoms. The second kappa shape index (κ2) is 6.15. The van der Waals surface area contributed by atoms with Gasteiger partial charge in [0.2, 0.25) is 0 Å². The van der Waals surface area contributed by atoms with Gasteiger partial charge < -0.3 is 14.2 Å². The summed E-state index contributed by atoms with van der Waals surface area (Å²) in [7, 11) is 2.06. The summed E-state index contributed by atoms with van der Waals surface area (Å²) in [5, 5.41) is 1.19. The highest BCUT2D eigenvalue weighted by molar-refractivity contribution is 5.86. The predicted octanol–water partition coefficient (Wildman–Crippen LogP) is 3.32. The third kappa shape index (κ3) is 2.70. The molecular formula is C19H22N4O. The van der Waals surface area contributed by atoms with E-state index >= 15 is 0 Å². The van der Waals surface area contributed by atoms with Crippen molar-refractivity contribution < 1.29 is 4.74 Å². The molecule has 124 valence electrons. The highest BCUT2D eigenvalue weighted by Gasteiger charge is 2.23. The van der Waals surface area contributed by atoms with Gasteiger partial charge in [0.25, 0.3) is 0 Å². The zero-order valence-corrected chi connectivity index (χ0v) is 14.1. The maximum Gasteiger partial charge on any atom is 0.150 e. The Morgan fingerprint density at radius 3 is 2.67 bits per heavy atom. The molecule has 0 atom stereocenters. The fraction of sp³-hybridized carbons (Fsp3) is 0.368. The van der Waals surface area contributed by atoms with Gasteiger partial charge in [-0.25, -0.2) is 4.98 Å². The molecule has 0 spiro atoms. The van der Waals surface area contributed by atoms with Crippen LogP contribution in [0.2, 0.25) is 0 Å². The van der Waals surface area contributed by atoms with Crippen molar-refractivity contribution in [2.45, 2.75) is 25.9 Å². The third-order valence-electron chi connectivity index (χ3n) is 4.78. The molecule has 1 saturated heterocycles. The lowest BCUT2D eigenvalue weighted by Gasteiger charge is -2.33. The van der Waals surface area contributed by atoms with E-state index in [9.17, 15) is 0 Å². The lowest BCUT2D eigenvalue weighted by Crippen LogP contribution is -2.39. The van der Waals surface area contributed by atoms with Crippen molar-refractivity contribution in [3.8, 4) is 5.75 Å². The van der Waals surface area contributed by atoms with E-state index in [1.807, 2.05) is 6.92 Å². The SMILES string of the molecule is Cc1nccnc1N1CCC(Oc2cccc3c2ccn3C)CC1. The summed E-state index contributed by atoms with van der Waals surface area (Å²) in [5.74, 6) is 1.99. The van der Waals surface area contributed by atoms with Gasteiger partial charge in [-0.15, -0.1) is 0 Å². The highest BCUT2D eigenvalue weighted by Crippen LogP contribution is 2.29. The lowest BCUT2D eigenvalue weighted by atomic mass is 10.1. The number of fused-ring (bicyclic) bond motifs is 1. The van der Waals surface area contributed by atoms with Gasteiger partial charge >= 0.3 is 0 Å². The van der Waals surface area contributed by atoms with Crippen molar-refractivity contribution in [3.05, 3.63) is 48.5 Å². The predicted molar refractivity (Wildman–Crippen MR) is 95.6 cm³/mol. The topological polar surface area (TPSA) is 43.2 Å². The number of nitrogens with zero attached hydrogens (tertiary/aromatic N) is 4. The van der Waals surface area contributed by atoms with Gasteiger partial charge in [-0.3, -0.25) is 4.98 Å². The number of aryl methyl sites for hydroxylation is 2. The summed E-state index contributed by atoms with van der Waals surface area (Å²) in [5.41, 5.74) is 2.20. The van der Waals surface area contributed by atoms with Gasteiger partial charge in [0.05, 0.1) is 11.2 Å². The van der Waals surface area contributed by atoms with Crippen molar-refractivity contribution >= 4 is 16.7 Å². The van der Waals surface area contributed by atoms with E-state index in [2.05, 4.69) is 56.9 Å². The van der Waals surface area contributed by atoms with Crippen LogP contribution in [0.15, 0.2) is 42.9 Å². The standard InChI is InChI=1S/C19H22N4O/c1-14-19(21-10-9-20-14)23-12-6-15(7-13-23)24-18-5-3-4-17-16(18)8-11-22(17)2/h3-5,8-11,15H,6-7,12-13H2,1-2H3. The van der Waals surface area contributed by atoms with E-state index < -0.39 is 0 Å². The first-order valence-corrected chi connectivity index (χ1v) is 8.45. The van der Waals surface area contributed by atoms with Crippen LogP contribution in [-0.2, 0) is 7.05 Å². The first-order valence-electron chi connectivity index (χ1n) is 8.45. The number of hydrogen-bond acceptors (Lipinski definition) is 4. The van der Waals surface area contributed by atoms with E-state index in [-0.39, 0.29) is 6.10 Å². The van der Waals surface area contributed by atoms with Crippen molar-refractivity contribution in [2.24, 2.45) is 7.05 Å². The van der Waals surface area contributed by atoms with Crippen molar-refractivity contribution in [1.29, 1.82) is 0 Å². The number of hydrogen-bond donors (Lipinski definition) is 0. The molecule has 5 heteroatoms. The minimum atomic E-state index is 0.254. The van der Waals surface area contributed by atoms with E-state index in [1.54, 1.807) is 12.4 Å². The molecule has 24 heavy (non-hydrogen) atoms. The maximum atomic E-state index is 6.32. The van der Waals surface area contributed by atoms with Gasteiger partial charge in [-0.2, -0.15) is 0 Å². The van der Waals surface area contributed by atoms with Crippen LogP contribution in [0, 0.1) is 6.92 Å². The molecule has 0 aliphatic carbocycles. The van der Waals surface area contributed by atoms with Crippen LogP contribution in [0.4, 0.5) is 5.82 Å². The Kier molecular flexibility index (Phi) is 3.84. The van der Waals surface area contributed by atoms with E-state index in [1.165, 1.54) is 10.9 Å². The average Bonchev–Trinajstić information content (AvgIpc) is 2.99. The Bertz CT molecular complexity index is 849. The van der Waals surface area contributed by atoms with Crippen LogP contribution < -0.4 is 9.64 Å². The summed E-state index contributed by atoms with van der Waals surface area (Å²) in [4.78, 5) is 11.1. The largest absolute Gasteiger partial charge is 0.490 e. The normalized spacial score (nSPS) is 15.8. The Labute approximate surface area is 141 Å². The fourth-order valence-electron chi connectivity index (χ4n) is 3.45. The summed E-state index contributed by atoms with van der Waals surface area (Å²) in [6.45, 7) is 3.92. The molecule has 2 aromatic heterocycles. The summed E-state index contributed by atoms with van der Waals surface area (Å²) in [6, 6.07) is 8.39. The monoisotopic (exact) mass is 322 g/mol. The summed E-state index contributed by atoms with van der Waals surface area (Å²) < 4.78 is 8.45. The van der Waals surface area contributed by atoms with Crippen molar-refractivity contribution in [3.63, 3.8) is 0 Å². The highest BCUT2D eigenvalue weighted by atomic mass is 16.5. The number of benzene rings is 1. The van der Waals surface area contributed by atoms with Gasteiger partial charge in [0.15, 0.2) is 0 Å². The van der Waals surface area contributed by atoms with E-state index in [0.29, 0.717) is 0 Å². The number of ether oxygens (including phenoxy) is 1. The fourth-order valence-corrected chi connectivity index (χ4v) is 3.45. The average molecular weight is 322 g/mol. The Hall–Kier alpha value is -2.56. The molecule has 1 aromatic carbocycles. The minimum absolute atomic E-state index is 0.254. The van der Waals surface area contributed by atoms with Crippen molar-refractivity contribution in [1.82, 2.24) is 14.5 Å². The Morgan fingerprint density at radius 2 is 1.88 bits per heavy atom. The molecule has 3 aromatic rings. The first kappa shape index (κ1) is 15.0. The van der Waals surface area contributed by atoms with E-state index in [4.69, 9.17) is 4.74 Å². The van der Waals surface area contributed by atoms with Crippen LogP contribution >= 0.6 is 0 Å². The second-order valence-corrected chi connectivity index (χ2v) is 6.39. The molecule has 1 aliphatic rings. The van der Waals surface area contributed by atoms with Crippen LogP contribution in [0.1, 0.15) is 18.5 Å². The summed E-state index contributed by atoms with van der Waals surface area (Å²) >= 11 is 0. The van der Waals surface area contributed by atoms with Gasteiger partial charge in [0, 0.05) is 57.0 Å². The Balaban J connectivity index is 1.45. The molecule has 3 heterocycles. The summed E-state index contributed by atoms with van der Waals surface area (Å²) in [6.07, 6.45) is 7.84. The first-order chi connectivity index (χ1) is 11.7. The lowest BCUT2D eigenvalue weighted by molar-refractivity contribution is 0.173. The van der Waals surface area contributed by atoms with Crippen LogP contribution in [0.5, 0.6) is 5.75 Å². The third-order valence-corrected chi connectivity index (χ3v) is 4.78. The molecule has 5 nitrogen and oxygen atoms in total. The van der Waals surface area contributed by atoms with Crippen LogP contribution in [0.25, 0.3) is 10.9 Å². The molecule has 0 saturated carbocycles. The minimum Gasteiger partial charge on any atom is -0.490 e. The quantitative estimate of drug-likeness (QED) is 0.742. The molecule has 0 N–H and O–H groups in total. The number of rotatable bonds is 3. The zero-order chi connectivity index (χ0) is 16.5. The van der Waals surface area contributed by atoms with Crippen molar-refractivity contribution in [2.75, 3.05) is 18.0 Å². The van der Waals surface area contributed by atoms with Gasteiger partial charge in [-0.05, 0) is 25.1 Å². The molecule has 0 unspecified atom stereocenters. The van der Waals surface area contributed by atoms with Crippen LogP contribution in [0.3, 0.4) is 0 Å². The Morgan fingerprint density at radius 1 is 1.08 bits per heavy atom. The van der Waals surface area contributed by atoms with Gasteiger partial charge in [0.1, 0.15) is 17.7 Å². The van der Waals surface area contributed by atoms with Crippen LogP contribution in [-0.4, -0.2) is 33.7 Å². The number of piperidine rings is 1. The molecule has 1 aliphatic heterocycles. The number of anilines is 1. The molecule has 0 radical (unpaired) electrons. The molecule has 1 fully saturated rings. The number of aromatic nitrogens is 3. The van der Waals surface area contributed by atoms with Gasteiger partial charge in [-0.1, -0.05) is 6.07 Å². The smallest absolute Gasteiger partial charge is 0.150 e. The molecule has 0 amide bonds.